The number of hydrazine groups is 1. The van der Waals surface area contributed by atoms with Crippen molar-refractivity contribution in [3.8, 4) is 0 Å². The Morgan fingerprint density at radius 2 is 1.82 bits per heavy atom. The lowest BCUT2D eigenvalue weighted by Gasteiger charge is -2.15. The van der Waals surface area contributed by atoms with Crippen molar-refractivity contribution in [2.45, 2.75) is 18.9 Å². The summed E-state index contributed by atoms with van der Waals surface area (Å²) in [5, 5.41) is 0. The number of aryl methyl sites for hydroxylation is 1. The van der Waals surface area contributed by atoms with Crippen LogP contribution in [-0.4, -0.2) is 15.0 Å². The van der Waals surface area contributed by atoms with Crippen molar-refractivity contribution in [3.63, 3.8) is 0 Å². The summed E-state index contributed by atoms with van der Waals surface area (Å²) in [5.41, 5.74) is 5.04. The third kappa shape index (κ3) is 3.30. The predicted molar refractivity (Wildman–Crippen MR) is 64.7 cm³/mol. The Kier molecular flexibility index (Phi) is 4.12. The van der Waals surface area contributed by atoms with Crippen LogP contribution in [0.3, 0.4) is 0 Å². The summed E-state index contributed by atoms with van der Waals surface area (Å²) in [6, 6.07) is 4.09. The van der Waals surface area contributed by atoms with Crippen LogP contribution >= 0.6 is 0 Å². The fourth-order valence-corrected chi connectivity index (χ4v) is 1.70. The van der Waals surface area contributed by atoms with Crippen LogP contribution in [0.5, 0.6) is 0 Å². The van der Waals surface area contributed by atoms with Gasteiger partial charge in [0, 0.05) is 36.4 Å². The number of nitrogens with zero attached hydrogens (tertiary/aromatic N) is 3. The molecule has 0 amide bonds. The highest BCUT2D eigenvalue weighted by Gasteiger charge is 2.09. The highest BCUT2D eigenvalue weighted by atomic mass is 15.2. The fourth-order valence-electron chi connectivity index (χ4n) is 1.70. The minimum atomic E-state index is 0.0735. The molecule has 2 aromatic rings. The van der Waals surface area contributed by atoms with Gasteiger partial charge in [-0.1, -0.05) is 0 Å². The summed E-state index contributed by atoms with van der Waals surface area (Å²) in [4.78, 5) is 12.0. The van der Waals surface area contributed by atoms with Crippen LogP contribution < -0.4 is 11.3 Å². The monoisotopic (exact) mass is 229 g/mol. The second-order valence-corrected chi connectivity index (χ2v) is 3.79. The largest absolute Gasteiger partial charge is 0.271 e. The van der Waals surface area contributed by atoms with Gasteiger partial charge in [-0.3, -0.25) is 16.3 Å². The van der Waals surface area contributed by atoms with E-state index < -0.39 is 0 Å². The molecule has 0 spiro atoms. The molecule has 2 heterocycles. The Hall–Kier alpha value is -1.85. The van der Waals surface area contributed by atoms with Gasteiger partial charge >= 0.3 is 0 Å². The average molecular weight is 229 g/mol. The number of nitrogens with one attached hydrogen (secondary N) is 1. The maximum absolute atomic E-state index is 5.55. The molecular weight excluding hydrogens is 214 g/mol. The highest BCUT2D eigenvalue weighted by Crippen LogP contribution is 2.16. The maximum atomic E-state index is 5.55. The molecule has 5 nitrogen and oxygen atoms in total. The summed E-state index contributed by atoms with van der Waals surface area (Å²) in [7, 11) is 0. The summed E-state index contributed by atoms with van der Waals surface area (Å²) < 4.78 is 0. The van der Waals surface area contributed by atoms with Gasteiger partial charge in [0.05, 0.1) is 0 Å². The van der Waals surface area contributed by atoms with E-state index in [1.807, 2.05) is 12.1 Å². The van der Waals surface area contributed by atoms with Crippen LogP contribution in [0, 0.1) is 0 Å². The second kappa shape index (κ2) is 6.03. The van der Waals surface area contributed by atoms with Crippen molar-refractivity contribution in [1.82, 2.24) is 20.4 Å². The van der Waals surface area contributed by atoms with E-state index in [0.29, 0.717) is 0 Å². The van der Waals surface area contributed by atoms with Crippen molar-refractivity contribution >= 4 is 0 Å². The zero-order valence-electron chi connectivity index (χ0n) is 9.45. The Balaban J connectivity index is 1.97. The SMILES string of the molecule is NNC(CCc1ccncc1)c1cncnc1. The highest BCUT2D eigenvalue weighted by molar-refractivity contribution is 5.13. The molecule has 0 bridgehead atoms. The molecular formula is C12H15N5. The lowest BCUT2D eigenvalue weighted by Crippen LogP contribution is -2.28. The Labute approximate surface area is 100 Å². The maximum Gasteiger partial charge on any atom is 0.115 e. The molecule has 3 N–H and O–H groups in total. The van der Waals surface area contributed by atoms with Gasteiger partial charge < -0.3 is 0 Å². The van der Waals surface area contributed by atoms with Gasteiger partial charge in [0.15, 0.2) is 0 Å². The van der Waals surface area contributed by atoms with Crippen LogP contribution in [0.4, 0.5) is 0 Å². The molecule has 0 saturated carbocycles. The molecule has 0 saturated heterocycles. The third-order valence-corrected chi connectivity index (χ3v) is 2.66. The van der Waals surface area contributed by atoms with Crippen LogP contribution in [0.25, 0.3) is 0 Å². The van der Waals surface area contributed by atoms with E-state index >= 15 is 0 Å². The van der Waals surface area contributed by atoms with E-state index in [0.717, 1.165) is 18.4 Å². The number of hydrogen-bond acceptors (Lipinski definition) is 5. The van der Waals surface area contributed by atoms with E-state index in [1.165, 1.54) is 11.9 Å². The number of aromatic nitrogens is 3. The van der Waals surface area contributed by atoms with Gasteiger partial charge in [0.1, 0.15) is 6.33 Å². The lowest BCUT2D eigenvalue weighted by atomic mass is 10.0. The van der Waals surface area contributed by atoms with E-state index in [9.17, 15) is 0 Å². The van der Waals surface area contributed by atoms with Crippen molar-refractivity contribution in [2.75, 3.05) is 0 Å². The summed E-state index contributed by atoms with van der Waals surface area (Å²) in [6.07, 6.45) is 10.5. The van der Waals surface area contributed by atoms with Gasteiger partial charge in [-0.15, -0.1) is 0 Å². The van der Waals surface area contributed by atoms with Crippen LogP contribution in [-0.2, 0) is 6.42 Å². The molecule has 0 aliphatic heterocycles. The average Bonchev–Trinajstić information content (AvgIpc) is 2.42. The van der Waals surface area contributed by atoms with Crippen LogP contribution in [0.2, 0.25) is 0 Å². The van der Waals surface area contributed by atoms with Gasteiger partial charge in [0.25, 0.3) is 0 Å². The van der Waals surface area contributed by atoms with E-state index in [2.05, 4.69) is 20.4 Å². The van der Waals surface area contributed by atoms with E-state index in [1.54, 1.807) is 24.8 Å². The number of rotatable bonds is 5. The minimum absolute atomic E-state index is 0.0735. The van der Waals surface area contributed by atoms with Crippen molar-refractivity contribution in [2.24, 2.45) is 5.84 Å². The zero-order valence-corrected chi connectivity index (χ0v) is 9.45. The zero-order chi connectivity index (χ0) is 11.9. The molecule has 0 aliphatic rings. The van der Waals surface area contributed by atoms with Gasteiger partial charge in [0.2, 0.25) is 0 Å². The molecule has 2 rings (SSSR count). The number of pyridine rings is 1. The molecule has 0 fully saturated rings. The first-order valence-corrected chi connectivity index (χ1v) is 5.50. The Bertz CT molecular complexity index is 431. The minimum Gasteiger partial charge on any atom is -0.271 e. The molecule has 0 aromatic carbocycles. The van der Waals surface area contributed by atoms with E-state index in [-0.39, 0.29) is 6.04 Å². The van der Waals surface area contributed by atoms with E-state index in [4.69, 9.17) is 5.84 Å². The topological polar surface area (TPSA) is 76.7 Å². The fraction of sp³-hybridized carbons (Fsp3) is 0.250. The molecule has 0 radical (unpaired) electrons. The predicted octanol–water partition coefficient (Wildman–Crippen LogP) is 1.01. The van der Waals surface area contributed by atoms with Crippen molar-refractivity contribution in [1.29, 1.82) is 0 Å². The molecule has 5 heteroatoms. The van der Waals surface area contributed by atoms with Crippen LogP contribution in [0.1, 0.15) is 23.6 Å². The third-order valence-electron chi connectivity index (χ3n) is 2.66. The smallest absolute Gasteiger partial charge is 0.115 e. The van der Waals surface area contributed by atoms with Crippen molar-refractivity contribution < 1.29 is 0 Å². The first-order chi connectivity index (χ1) is 8.40. The molecule has 88 valence electrons. The molecule has 0 aliphatic carbocycles. The normalized spacial score (nSPS) is 12.3. The van der Waals surface area contributed by atoms with Gasteiger partial charge in [-0.25, -0.2) is 9.97 Å². The number of nitrogens with two attached hydrogens (primary N) is 1. The standard InChI is InChI=1S/C12H15N5/c13-17-12(11-7-15-9-16-8-11)2-1-10-3-5-14-6-4-10/h3-9,12,17H,1-2,13H2. The molecule has 17 heavy (non-hydrogen) atoms. The first-order valence-electron chi connectivity index (χ1n) is 5.50. The number of hydrogen-bond donors (Lipinski definition) is 2. The van der Waals surface area contributed by atoms with Gasteiger partial charge in [-0.05, 0) is 30.5 Å². The summed E-state index contributed by atoms with van der Waals surface area (Å²) in [5.74, 6) is 5.55. The quantitative estimate of drug-likeness (QED) is 0.591. The lowest BCUT2D eigenvalue weighted by molar-refractivity contribution is 0.513. The Morgan fingerprint density at radius 1 is 1.12 bits per heavy atom. The van der Waals surface area contributed by atoms with Crippen molar-refractivity contribution in [3.05, 3.63) is 54.4 Å². The van der Waals surface area contributed by atoms with Gasteiger partial charge in [-0.2, -0.15) is 0 Å². The molecule has 1 unspecified atom stereocenters. The summed E-state index contributed by atoms with van der Waals surface area (Å²) in [6.45, 7) is 0. The summed E-state index contributed by atoms with van der Waals surface area (Å²) >= 11 is 0. The molecule has 2 aromatic heterocycles. The van der Waals surface area contributed by atoms with Crippen LogP contribution in [0.15, 0.2) is 43.2 Å². The molecule has 1 atom stereocenters. The first kappa shape index (κ1) is 11.6. The Morgan fingerprint density at radius 3 is 2.47 bits per heavy atom. The second-order valence-electron chi connectivity index (χ2n) is 3.79.